The van der Waals surface area contributed by atoms with Crippen molar-refractivity contribution in [1.82, 2.24) is 4.90 Å². The lowest BCUT2D eigenvalue weighted by Crippen LogP contribution is -2.33. The molecule has 0 spiro atoms. The maximum atomic E-state index is 11.0. The first-order valence-electron chi connectivity index (χ1n) is 6.66. The van der Waals surface area contributed by atoms with Gasteiger partial charge in [0.25, 0.3) is 5.69 Å². The third kappa shape index (κ3) is 3.35. The Hall–Kier alpha value is -1.45. The van der Waals surface area contributed by atoms with E-state index in [2.05, 4.69) is 26.9 Å². The lowest BCUT2D eigenvalue weighted by atomic mass is 10.1. The van der Waals surface area contributed by atoms with Crippen LogP contribution in [0.4, 0.5) is 5.69 Å². The SMILES string of the molecule is N#CCN(Cc1cccc([N+](=O)[O-])c1Br)C1CCCC1. The van der Waals surface area contributed by atoms with Gasteiger partial charge in [-0.2, -0.15) is 5.26 Å². The second-order valence-electron chi connectivity index (χ2n) is 5.01. The molecule has 0 radical (unpaired) electrons. The summed E-state index contributed by atoms with van der Waals surface area (Å²) in [7, 11) is 0. The fraction of sp³-hybridized carbons (Fsp3) is 0.500. The monoisotopic (exact) mass is 337 g/mol. The molecule has 0 aliphatic heterocycles. The van der Waals surface area contributed by atoms with Crippen LogP contribution in [-0.4, -0.2) is 22.4 Å². The van der Waals surface area contributed by atoms with E-state index in [1.54, 1.807) is 6.07 Å². The van der Waals surface area contributed by atoms with Crippen molar-refractivity contribution in [2.24, 2.45) is 0 Å². The number of hydrogen-bond acceptors (Lipinski definition) is 4. The van der Waals surface area contributed by atoms with E-state index < -0.39 is 4.92 Å². The first kappa shape index (κ1) is 14.9. The molecule has 0 N–H and O–H groups in total. The molecule has 1 aromatic carbocycles. The van der Waals surface area contributed by atoms with Gasteiger partial charge in [-0.1, -0.05) is 25.0 Å². The molecular weight excluding hydrogens is 322 g/mol. The van der Waals surface area contributed by atoms with Crippen LogP contribution in [0.5, 0.6) is 0 Å². The lowest BCUT2D eigenvalue weighted by molar-refractivity contribution is -0.385. The first-order valence-corrected chi connectivity index (χ1v) is 7.45. The van der Waals surface area contributed by atoms with Crippen LogP contribution in [0.2, 0.25) is 0 Å². The van der Waals surface area contributed by atoms with Gasteiger partial charge in [0, 0.05) is 18.7 Å². The van der Waals surface area contributed by atoms with Crippen LogP contribution in [0.25, 0.3) is 0 Å². The topological polar surface area (TPSA) is 70.2 Å². The fourth-order valence-electron chi connectivity index (χ4n) is 2.72. The molecule has 0 aromatic heterocycles. The van der Waals surface area contributed by atoms with Crippen LogP contribution < -0.4 is 0 Å². The van der Waals surface area contributed by atoms with Gasteiger partial charge in [-0.3, -0.25) is 15.0 Å². The number of nitro groups is 1. The minimum absolute atomic E-state index is 0.0748. The number of halogens is 1. The van der Waals surface area contributed by atoms with Gasteiger partial charge in [0.2, 0.25) is 0 Å². The molecule has 0 atom stereocenters. The highest BCUT2D eigenvalue weighted by Crippen LogP contribution is 2.31. The molecule has 0 unspecified atom stereocenters. The van der Waals surface area contributed by atoms with Crippen molar-refractivity contribution in [3.05, 3.63) is 38.3 Å². The van der Waals surface area contributed by atoms with Crippen molar-refractivity contribution < 1.29 is 4.92 Å². The lowest BCUT2D eigenvalue weighted by Gasteiger charge is -2.26. The average molecular weight is 338 g/mol. The highest BCUT2D eigenvalue weighted by Gasteiger charge is 2.24. The summed E-state index contributed by atoms with van der Waals surface area (Å²) >= 11 is 3.32. The van der Waals surface area contributed by atoms with Crippen LogP contribution in [-0.2, 0) is 6.54 Å². The van der Waals surface area contributed by atoms with E-state index in [9.17, 15) is 10.1 Å². The molecule has 0 heterocycles. The van der Waals surface area contributed by atoms with Crippen LogP contribution in [0, 0.1) is 21.4 Å². The number of benzene rings is 1. The number of nitriles is 1. The summed E-state index contributed by atoms with van der Waals surface area (Å²) in [6, 6.07) is 7.66. The molecule has 20 heavy (non-hydrogen) atoms. The standard InChI is InChI=1S/C14H16BrN3O2/c15-14-11(4-3-7-13(14)18(19)20)10-17(9-8-16)12-5-1-2-6-12/h3-4,7,12H,1-2,5-6,9-10H2. The minimum Gasteiger partial charge on any atom is -0.283 e. The van der Waals surface area contributed by atoms with Gasteiger partial charge in [-0.15, -0.1) is 0 Å². The smallest absolute Gasteiger partial charge is 0.283 e. The molecule has 6 heteroatoms. The third-order valence-corrected chi connectivity index (χ3v) is 4.66. The zero-order valence-electron chi connectivity index (χ0n) is 11.1. The van der Waals surface area contributed by atoms with E-state index in [1.807, 2.05) is 6.07 Å². The van der Waals surface area contributed by atoms with Crippen molar-refractivity contribution in [3.8, 4) is 6.07 Å². The van der Waals surface area contributed by atoms with Crippen LogP contribution in [0.3, 0.4) is 0 Å². The summed E-state index contributed by atoms with van der Waals surface area (Å²) < 4.78 is 0.519. The molecule has 2 rings (SSSR count). The van der Waals surface area contributed by atoms with Crippen molar-refractivity contribution in [3.63, 3.8) is 0 Å². The molecule has 1 saturated carbocycles. The zero-order valence-corrected chi connectivity index (χ0v) is 12.7. The largest absolute Gasteiger partial charge is 0.283 e. The first-order chi connectivity index (χ1) is 9.63. The Morgan fingerprint density at radius 3 is 2.75 bits per heavy atom. The van der Waals surface area contributed by atoms with Gasteiger partial charge < -0.3 is 0 Å². The fourth-order valence-corrected chi connectivity index (χ4v) is 3.26. The quantitative estimate of drug-likeness (QED) is 0.467. The van der Waals surface area contributed by atoms with E-state index in [0.29, 0.717) is 23.6 Å². The molecule has 106 valence electrons. The van der Waals surface area contributed by atoms with Gasteiger partial charge in [-0.05, 0) is 34.3 Å². The van der Waals surface area contributed by atoms with E-state index in [0.717, 1.165) is 18.4 Å². The zero-order chi connectivity index (χ0) is 14.5. The van der Waals surface area contributed by atoms with Crippen molar-refractivity contribution >= 4 is 21.6 Å². The highest BCUT2D eigenvalue weighted by atomic mass is 79.9. The Morgan fingerprint density at radius 2 is 2.15 bits per heavy atom. The van der Waals surface area contributed by atoms with Gasteiger partial charge in [0.05, 0.1) is 22.0 Å². The van der Waals surface area contributed by atoms with Crippen molar-refractivity contribution in [1.29, 1.82) is 5.26 Å². The van der Waals surface area contributed by atoms with Gasteiger partial charge in [-0.25, -0.2) is 0 Å². The molecule has 1 aliphatic rings. The Kier molecular flexibility index (Phi) is 5.10. The number of nitrogens with zero attached hydrogens (tertiary/aromatic N) is 3. The molecule has 1 aromatic rings. The summed E-state index contributed by atoms with van der Waals surface area (Å²) in [5.41, 5.74) is 0.937. The van der Waals surface area contributed by atoms with Crippen LogP contribution in [0.15, 0.2) is 22.7 Å². The average Bonchev–Trinajstić information content (AvgIpc) is 2.94. The van der Waals surface area contributed by atoms with Crippen LogP contribution in [0.1, 0.15) is 31.2 Å². The van der Waals surface area contributed by atoms with Crippen LogP contribution >= 0.6 is 15.9 Å². The molecular formula is C14H16BrN3O2. The van der Waals surface area contributed by atoms with E-state index in [1.165, 1.54) is 18.9 Å². The summed E-state index contributed by atoms with van der Waals surface area (Å²) in [5, 5.41) is 19.9. The molecule has 1 fully saturated rings. The number of hydrogen-bond donors (Lipinski definition) is 0. The Balaban J connectivity index is 2.20. The number of rotatable bonds is 5. The summed E-state index contributed by atoms with van der Waals surface area (Å²) in [4.78, 5) is 12.7. The van der Waals surface area contributed by atoms with Gasteiger partial charge in [0.15, 0.2) is 0 Å². The van der Waals surface area contributed by atoms with Crippen molar-refractivity contribution in [2.75, 3.05) is 6.54 Å². The summed E-state index contributed by atoms with van der Waals surface area (Å²) in [5.74, 6) is 0. The second kappa shape index (κ2) is 6.82. The molecule has 0 amide bonds. The molecule has 0 saturated heterocycles. The maximum absolute atomic E-state index is 11.0. The minimum atomic E-state index is -0.391. The third-order valence-electron chi connectivity index (χ3n) is 3.74. The Labute approximate surface area is 126 Å². The van der Waals surface area contributed by atoms with E-state index in [4.69, 9.17) is 5.26 Å². The Morgan fingerprint density at radius 1 is 1.45 bits per heavy atom. The molecule has 5 nitrogen and oxygen atoms in total. The predicted molar refractivity (Wildman–Crippen MR) is 79.1 cm³/mol. The Bertz CT molecular complexity index is 536. The predicted octanol–water partition coefficient (Wildman–Crippen LogP) is 3.63. The normalized spacial score (nSPS) is 15.4. The van der Waals surface area contributed by atoms with E-state index in [-0.39, 0.29) is 5.69 Å². The highest BCUT2D eigenvalue weighted by molar-refractivity contribution is 9.10. The maximum Gasteiger partial charge on any atom is 0.283 e. The second-order valence-corrected chi connectivity index (χ2v) is 5.80. The van der Waals surface area contributed by atoms with Crippen molar-refractivity contribution in [2.45, 2.75) is 38.3 Å². The summed E-state index contributed by atoms with van der Waals surface area (Å²) in [6.45, 7) is 0.931. The van der Waals surface area contributed by atoms with E-state index >= 15 is 0 Å². The summed E-state index contributed by atoms with van der Waals surface area (Å²) in [6.07, 6.45) is 4.61. The van der Waals surface area contributed by atoms with Gasteiger partial charge in [0.1, 0.15) is 0 Å². The van der Waals surface area contributed by atoms with Gasteiger partial charge >= 0.3 is 0 Å². The number of nitro benzene ring substituents is 1. The molecule has 1 aliphatic carbocycles. The molecule has 0 bridgehead atoms.